The van der Waals surface area contributed by atoms with Crippen molar-refractivity contribution < 1.29 is 28.6 Å². The van der Waals surface area contributed by atoms with Crippen molar-refractivity contribution >= 4 is 34.1 Å². The molecule has 2 amide bonds. The van der Waals surface area contributed by atoms with E-state index in [0.717, 1.165) is 23.3 Å². The zero-order chi connectivity index (χ0) is 24.0. The molecule has 1 aliphatic rings. The Kier molecular flexibility index (Phi) is 8.32. The third kappa shape index (κ3) is 6.25. The average Bonchev–Trinajstić information content (AvgIpc) is 3.59. The van der Waals surface area contributed by atoms with Gasteiger partial charge >= 0.3 is 5.97 Å². The van der Waals surface area contributed by atoms with Crippen LogP contribution in [-0.4, -0.2) is 55.6 Å². The third-order valence-corrected chi connectivity index (χ3v) is 6.55. The lowest BCUT2D eigenvalue weighted by Gasteiger charge is -2.22. The van der Waals surface area contributed by atoms with Crippen LogP contribution in [0.5, 0.6) is 11.5 Å². The lowest BCUT2D eigenvalue weighted by atomic mass is 10.1. The number of rotatable bonds is 11. The maximum absolute atomic E-state index is 12.8. The Morgan fingerprint density at radius 1 is 1.15 bits per heavy atom. The Morgan fingerprint density at radius 2 is 1.85 bits per heavy atom. The van der Waals surface area contributed by atoms with Gasteiger partial charge in [0.25, 0.3) is 5.91 Å². The van der Waals surface area contributed by atoms with E-state index in [2.05, 4.69) is 5.32 Å². The molecule has 0 unspecified atom stereocenters. The van der Waals surface area contributed by atoms with Gasteiger partial charge in [-0.05, 0) is 51.3 Å². The Bertz CT molecular complexity index is 1010. The van der Waals surface area contributed by atoms with E-state index < -0.39 is 5.97 Å². The number of hydrogen-bond acceptors (Lipinski definition) is 7. The van der Waals surface area contributed by atoms with Crippen LogP contribution in [0.4, 0.5) is 5.00 Å². The number of nitrogens with one attached hydrogen (secondary N) is 1. The van der Waals surface area contributed by atoms with Gasteiger partial charge in [0.2, 0.25) is 5.91 Å². The lowest BCUT2D eigenvalue weighted by Crippen LogP contribution is -2.38. The normalized spacial score (nSPS) is 12.7. The first-order chi connectivity index (χ1) is 15.8. The van der Waals surface area contributed by atoms with E-state index in [1.54, 1.807) is 31.1 Å². The summed E-state index contributed by atoms with van der Waals surface area (Å²) in [5, 5.41) is 3.31. The number of hydrogen-bond donors (Lipinski definition) is 1. The molecule has 0 aliphatic heterocycles. The number of thiophene rings is 1. The molecule has 3 rings (SSSR count). The van der Waals surface area contributed by atoms with Gasteiger partial charge in [-0.3, -0.25) is 9.59 Å². The van der Waals surface area contributed by atoms with Crippen LogP contribution in [0.25, 0.3) is 0 Å². The van der Waals surface area contributed by atoms with Crippen LogP contribution in [0.2, 0.25) is 0 Å². The summed E-state index contributed by atoms with van der Waals surface area (Å²) in [6, 6.07) is 7.28. The molecule has 2 aromatic rings. The number of nitrogens with zero attached hydrogens (tertiary/aromatic N) is 1. The number of anilines is 1. The first kappa shape index (κ1) is 24.6. The minimum atomic E-state index is -0.446. The number of esters is 1. The second-order valence-corrected chi connectivity index (χ2v) is 8.99. The smallest absolute Gasteiger partial charge is 0.341 e. The number of aryl methyl sites for hydroxylation is 1. The van der Waals surface area contributed by atoms with Gasteiger partial charge in [0.05, 0.1) is 19.3 Å². The van der Waals surface area contributed by atoms with E-state index >= 15 is 0 Å². The minimum Gasteiger partial charge on any atom is -0.493 e. The summed E-state index contributed by atoms with van der Waals surface area (Å²) < 4.78 is 16.1. The maximum atomic E-state index is 12.8. The molecule has 9 heteroatoms. The van der Waals surface area contributed by atoms with Crippen molar-refractivity contribution in [1.29, 1.82) is 0 Å². The summed E-state index contributed by atoms with van der Waals surface area (Å²) in [6.45, 7) is 5.88. The molecule has 1 heterocycles. The fraction of sp³-hybridized carbons (Fsp3) is 0.458. The Labute approximate surface area is 197 Å². The van der Waals surface area contributed by atoms with E-state index in [-0.39, 0.29) is 44.0 Å². The molecule has 178 valence electrons. The minimum absolute atomic E-state index is 0.120. The Morgan fingerprint density at radius 3 is 2.48 bits per heavy atom. The predicted octanol–water partition coefficient (Wildman–Crippen LogP) is 3.95. The summed E-state index contributed by atoms with van der Waals surface area (Å²) in [5.74, 6) is 0.174. The molecule has 0 saturated heterocycles. The van der Waals surface area contributed by atoms with Gasteiger partial charge in [-0.2, -0.15) is 0 Å². The van der Waals surface area contributed by atoms with E-state index in [0.29, 0.717) is 22.1 Å². The number of benzene rings is 1. The second-order valence-electron chi connectivity index (χ2n) is 7.76. The highest BCUT2D eigenvalue weighted by molar-refractivity contribution is 7.16. The molecule has 1 N–H and O–H groups in total. The number of ether oxygens (including phenoxy) is 3. The Balaban J connectivity index is 1.58. The number of methoxy groups -OCH3 is 1. The number of amides is 2. The van der Waals surface area contributed by atoms with Crippen molar-refractivity contribution in [2.24, 2.45) is 0 Å². The van der Waals surface area contributed by atoms with Crippen molar-refractivity contribution in [3.63, 3.8) is 0 Å². The third-order valence-electron chi connectivity index (χ3n) is 5.43. The molecule has 8 nitrogen and oxygen atoms in total. The molecule has 0 radical (unpaired) electrons. The fourth-order valence-electron chi connectivity index (χ4n) is 3.43. The molecule has 1 aromatic carbocycles. The lowest BCUT2D eigenvalue weighted by molar-refractivity contribution is -0.134. The van der Waals surface area contributed by atoms with Gasteiger partial charge in [0, 0.05) is 23.9 Å². The highest BCUT2D eigenvalue weighted by Crippen LogP contribution is 2.33. The van der Waals surface area contributed by atoms with Gasteiger partial charge < -0.3 is 24.4 Å². The summed E-state index contributed by atoms with van der Waals surface area (Å²) >= 11 is 1.35. The first-order valence-electron chi connectivity index (χ1n) is 11.0. The first-order valence-corrected chi connectivity index (χ1v) is 11.8. The van der Waals surface area contributed by atoms with Gasteiger partial charge in [0.15, 0.2) is 18.1 Å². The van der Waals surface area contributed by atoms with Crippen molar-refractivity contribution in [2.45, 2.75) is 46.1 Å². The zero-order valence-corrected chi connectivity index (χ0v) is 20.3. The molecule has 1 aliphatic carbocycles. The highest BCUT2D eigenvalue weighted by Gasteiger charge is 2.33. The molecule has 0 atom stereocenters. The molecule has 0 bridgehead atoms. The molecule has 1 saturated carbocycles. The maximum Gasteiger partial charge on any atom is 0.341 e. The van der Waals surface area contributed by atoms with Crippen LogP contribution in [-0.2, 0) is 14.3 Å². The molecule has 1 fully saturated rings. The summed E-state index contributed by atoms with van der Waals surface area (Å²) in [6.07, 6.45) is 1.95. The number of carbonyl (C=O) groups excluding carboxylic acids is 3. The van der Waals surface area contributed by atoms with E-state index in [1.807, 2.05) is 26.0 Å². The predicted molar refractivity (Wildman–Crippen MR) is 126 cm³/mol. The second kappa shape index (κ2) is 11.2. The quantitative estimate of drug-likeness (QED) is 0.496. The van der Waals surface area contributed by atoms with E-state index in [1.165, 1.54) is 11.3 Å². The van der Waals surface area contributed by atoms with Crippen molar-refractivity contribution in [1.82, 2.24) is 4.90 Å². The zero-order valence-electron chi connectivity index (χ0n) is 19.4. The van der Waals surface area contributed by atoms with Crippen LogP contribution < -0.4 is 14.8 Å². The Hall–Kier alpha value is -3.07. The fourth-order valence-corrected chi connectivity index (χ4v) is 4.50. The van der Waals surface area contributed by atoms with Gasteiger partial charge in [-0.25, -0.2) is 4.79 Å². The van der Waals surface area contributed by atoms with Crippen LogP contribution in [0.1, 0.15) is 47.0 Å². The number of carbonyl (C=O) groups is 3. The summed E-state index contributed by atoms with van der Waals surface area (Å²) in [4.78, 5) is 40.4. The highest BCUT2D eigenvalue weighted by atomic mass is 32.1. The largest absolute Gasteiger partial charge is 0.493 e. The van der Waals surface area contributed by atoms with Crippen molar-refractivity contribution in [3.8, 4) is 11.5 Å². The monoisotopic (exact) mass is 474 g/mol. The molecular formula is C24H30N2O6S. The molecular weight excluding hydrogens is 444 g/mol. The topological polar surface area (TPSA) is 94.2 Å². The van der Waals surface area contributed by atoms with E-state index in [4.69, 9.17) is 14.2 Å². The summed E-state index contributed by atoms with van der Waals surface area (Å²) in [5.41, 5.74) is 1.20. The SMILES string of the molecule is CCOC(=O)c1c(NC(=O)CCN(C(=O)COc2ccccc2OC)C2CC2)sc(C)c1C. The van der Waals surface area contributed by atoms with Crippen molar-refractivity contribution in [2.75, 3.05) is 32.2 Å². The van der Waals surface area contributed by atoms with Crippen LogP contribution in [0.15, 0.2) is 24.3 Å². The van der Waals surface area contributed by atoms with Crippen LogP contribution in [0.3, 0.4) is 0 Å². The molecule has 33 heavy (non-hydrogen) atoms. The standard InChI is InChI=1S/C24H30N2O6S/c1-5-31-24(29)22-15(2)16(3)33-23(22)25-20(27)12-13-26(17-10-11-17)21(28)14-32-19-9-7-6-8-18(19)30-4/h6-9,17H,5,10-14H2,1-4H3,(H,25,27). The molecule has 0 spiro atoms. The van der Waals surface area contributed by atoms with E-state index in [9.17, 15) is 14.4 Å². The number of para-hydroxylation sites is 2. The van der Waals surface area contributed by atoms with Gasteiger partial charge in [0.1, 0.15) is 5.00 Å². The van der Waals surface area contributed by atoms with Crippen LogP contribution >= 0.6 is 11.3 Å². The average molecular weight is 475 g/mol. The van der Waals surface area contributed by atoms with Crippen LogP contribution in [0, 0.1) is 13.8 Å². The van der Waals surface area contributed by atoms with Crippen molar-refractivity contribution in [3.05, 3.63) is 40.3 Å². The molecule has 1 aromatic heterocycles. The van der Waals surface area contributed by atoms with Gasteiger partial charge in [-0.15, -0.1) is 11.3 Å². The van der Waals surface area contributed by atoms with Gasteiger partial charge in [-0.1, -0.05) is 12.1 Å². The summed E-state index contributed by atoms with van der Waals surface area (Å²) in [7, 11) is 1.54.